The number of piperazine rings is 1. The molecule has 2 aliphatic rings. The Labute approximate surface area is 224 Å². The van der Waals surface area contributed by atoms with Gasteiger partial charge in [-0.15, -0.1) is 4.40 Å². The lowest BCUT2D eigenvalue weighted by atomic mass is 10.1. The standard InChI is InChI=1S/C25H23N5O7S2/c1-17-10-11-18(30(32)33)16-23(17)39(36,37)26-21-8-4-2-6-19(21)25(31)29-14-12-28(13-15-29)24-20-7-3-5-9-22(20)38(34,35)27-24/h2-11,16,26H,12-15H2,1H3. The number of hydrogen-bond acceptors (Lipinski definition) is 8. The second-order valence-corrected chi connectivity index (χ2v) is 12.2. The van der Waals surface area contributed by atoms with Crippen LogP contribution in [-0.4, -0.2) is 69.5 Å². The van der Waals surface area contributed by atoms with Crippen molar-refractivity contribution in [1.82, 2.24) is 9.80 Å². The van der Waals surface area contributed by atoms with Crippen LogP contribution in [0.2, 0.25) is 0 Å². The summed E-state index contributed by atoms with van der Waals surface area (Å²) in [6.07, 6.45) is 0. The molecule has 12 nitrogen and oxygen atoms in total. The molecular weight excluding hydrogens is 546 g/mol. The zero-order valence-corrected chi connectivity index (χ0v) is 22.3. The number of benzene rings is 3. The number of rotatable bonds is 5. The number of amides is 1. The summed E-state index contributed by atoms with van der Waals surface area (Å²) < 4.78 is 57.5. The van der Waals surface area contributed by atoms with E-state index in [1.54, 1.807) is 35.2 Å². The van der Waals surface area contributed by atoms with Crippen molar-refractivity contribution in [3.63, 3.8) is 0 Å². The summed E-state index contributed by atoms with van der Waals surface area (Å²) in [6.45, 7) is 2.69. The average molecular weight is 570 g/mol. The number of sulfonamides is 2. The maximum atomic E-state index is 13.4. The Bertz CT molecular complexity index is 1750. The van der Waals surface area contributed by atoms with E-state index in [1.165, 1.54) is 37.3 Å². The number of nitro groups is 1. The van der Waals surface area contributed by atoms with E-state index in [1.807, 2.05) is 4.90 Å². The normalized spacial score (nSPS) is 16.4. The predicted molar refractivity (Wildman–Crippen MR) is 143 cm³/mol. The SMILES string of the molecule is Cc1ccc([N+](=O)[O-])cc1S(=O)(=O)Nc1ccccc1C(=O)N1CCN(C2=NS(=O)(=O)c3ccccc32)CC1. The van der Waals surface area contributed by atoms with Gasteiger partial charge in [0.15, 0.2) is 5.84 Å². The minimum atomic E-state index is -4.25. The maximum Gasteiger partial charge on any atom is 0.285 e. The molecule has 1 amide bonds. The quantitative estimate of drug-likeness (QED) is 0.363. The van der Waals surface area contributed by atoms with Crippen molar-refractivity contribution >= 4 is 43.2 Å². The van der Waals surface area contributed by atoms with Gasteiger partial charge in [0.2, 0.25) is 0 Å². The van der Waals surface area contributed by atoms with Crippen LogP contribution in [0.5, 0.6) is 0 Å². The molecule has 0 aliphatic carbocycles. The number of carbonyl (C=O) groups is 1. The molecule has 0 radical (unpaired) electrons. The number of nitrogens with zero attached hydrogens (tertiary/aromatic N) is 4. The van der Waals surface area contributed by atoms with Crippen molar-refractivity contribution in [2.75, 3.05) is 30.9 Å². The minimum Gasteiger partial charge on any atom is -0.352 e. The third-order valence-corrected chi connectivity index (χ3v) is 9.39. The summed E-state index contributed by atoms with van der Waals surface area (Å²) in [5.74, 6) is -0.0664. The first kappa shape index (κ1) is 26.3. The van der Waals surface area contributed by atoms with Crippen molar-refractivity contribution in [3.05, 3.63) is 93.5 Å². The highest BCUT2D eigenvalue weighted by atomic mass is 32.2. The first-order valence-corrected chi connectivity index (χ1v) is 14.8. The molecule has 0 spiro atoms. The molecule has 1 fully saturated rings. The highest BCUT2D eigenvalue weighted by molar-refractivity contribution is 7.92. The largest absolute Gasteiger partial charge is 0.352 e. The van der Waals surface area contributed by atoms with Crippen molar-refractivity contribution in [2.24, 2.45) is 4.40 Å². The Morgan fingerprint density at radius 3 is 2.38 bits per heavy atom. The van der Waals surface area contributed by atoms with Gasteiger partial charge >= 0.3 is 0 Å². The highest BCUT2D eigenvalue weighted by Crippen LogP contribution is 2.29. The first-order valence-electron chi connectivity index (χ1n) is 11.8. The van der Waals surface area contributed by atoms with Gasteiger partial charge in [-0.3, -0.25) is 19.6 Å². The van der Waals surface area contributed by atoms with Crippen LogP contribution in [0.1, 0.15) is 21.5 Å². The number of nitro benzene ring substituents is 1. The molecule has 3 aromatic carbocycles. The van der Waals surface area contributed by atoms with E-state index in [-0.39, 0.29) is 39.8 Å². The number of carbonyl (C=O) groups excluding carboxylic acids is 1. The zero-order valence-electron chi connectivity index (χ0n) is 20.6. The summed E-state index contributed by atoms with van der Waals surface area (Å²) in [5.41, 5.74) is 0.616. The smallest absolute Gasteiger partial charge is 0.285 e. The highest BCUT2D eigenvalue weighted by Gasteiger charge is 2.34. The Hall–Kier alpha value is -4.30. The Kier molecular flexibility index (Phi) is 6.60. The van der Waals surface area contributed by atoms with Gasteiger partial charge in [0, 0.05) is 43.9 Å². The molecule has 0 aromatic heterocycles. The number of non-ortho nitro benzene ring substituents is 1. The summed E-state index contributed by atoms with van der Waals surface area (Å²) in [7, 11) is -8.02. The van der Waals surface area contributed by atoms with E-state index in [4.69, 9.17) is 0 Å². The molecule has 14 heteroatoms. The van der Waals surface area contributed by atoms with Crippen LogP contribution < -0.4 is 4.72 Å². The fourth-order valence-corrected chi connectivity index (χ4v) is 7.13. The summed E-state index contributed by atoms with van der Waals surface area (Å²) in [6, 6.07) is 16.2. The number of para-hydroxylation sites is 1. The number of aryl methyl sites for hydroxylation is 1. The molecule has 2 heterocycles. The molecule has 0 saturated carbocycles. The third kappa shape index (κ3) is 4.95. The number of amidine groups is 1. The van der Waals surface area contributed by atoms with E-state index < -0.39 is 30.9 Å². The van der Waals surface area contributed by atoms with Crippen molar-refractivity contribution in [2.45, 2.75) is 16.7 Å². The Balaban J connectivity index is 1.34. The van der Waals surface area contributed by atoms with Crippen molar-refractivity contribution in [1.29, 1.82) is 0 Å². The molecular formula is C25H23N5O7S2. The van der Waals surface area contributed by atoms with Gasteiger partial charge in [0.05, 0.1) is 21.1 Å². The Morgan fingerprint density at radius 1 is 1.00 bits per heavy atom. The molecule has 202 valence electrons. The summed E-state index contributed by atoms with van der Waals surface area (Å²) in [4.78, 5) is 27.2. The molecule has 0 unspecified atom stereocenters. The lowest BCUT2D eigenvalue weighted by Crippen LogP contribution is -2.50. The van der Waals surface area contributed by atoms with E-state index in [0.29, 0.717) is 30.1 Å². The van der Waals surface area contributed by atoms with E-state index >= 15 is 0 Å². The van der Waals surface area contributed by atoms with Gasteiger partial charge in [-0.25, -0.2) is 8.42 Å². The van der Waals surface area contributed by atoms with Crippen LogP contribution >= 0.6 is 0 Å². The van der Waals surface area contributed by atoms with Gasteiger partial charge in [-0.05, 0) is 36.8 Å². The predicted octanol–water partition coefficient (Wildman–Crippen LogP) is 2.61. The maximum absolute atomic E-state index is 13.4. The van der Waals surface area contributed by atoms with Crippen LogP contribution in [0.4, 0.5) is 11.4 Å². The molecule has 39 heavy (non-hydrogen) atoms. The van der Waals surface area contributed by atoms with Crippen molar-refractivity contribution in [3.8, 4) is 0 Å². The zero-order chi connectivity index (χ0) is 27.9. The molecule has 5 rings (SSSR count). The van der Waals surface area contributed by atoms with Crippen LogP contribution in [0.3, 0.4) is 0 Å². The van der Waals surface area contributed by atoms with Gasteiger partial charge in [-0.2, -0.15) is 8.42 Å². The first-order chi connectivity index (χ1) is 18.5. The van der Waals surface area contributed by atoms with Crippen LogP contribution in [0.25, 0.3) is 0 Å². The topological polar surface area (TPSA) is 159 Å². The second-order valence-electron chi connectivity index (χ2n) is 9.02. The molecule has 1 N–H and O–H groups in total. The Morgan fingerprint density at radius 2 is 1.67 bits per heavy atom. The van der Waals surface area contributed by atoms with E-state index in [9.17, 15) is 31.7 Å². The molecule has 2 aliphatic heterocycles. The molecule has 1 saturated heterocycles. The molecule has 0 bridgehead atoms. The van der Waals surface area contributed by atoms with Crippen LogP contribution in [0, 0.1) is 17.0 Å². The number of hydrogen-bond donors (Lipinski definition) is 1. The fraction of sp³-hybridized carbons (Fsp3) is 0.200. The third-order valence-electron chi connectivity index (χ3n) is 6.55. The van der Waals surface area contributed by atoms with Gasteiger partial charge in [0.25, 0.3) is 31.6 Å². The fourth-order valence-electron chi connectivity index (χ4n) is 4.56. The van der Waals surface area contributed by atoms with Crippen LogP contribution in [0.15, 0.2) is 80.9 Å². The summed E-state index contributed by atoms with van der Waals surface area (Å²) >= 11 is 0. The number of anilines is 1. The van der Waals surface area contributed by atoms with Crippen LogP contribution in [-0.2, 0) is 20.0 Å². The summed E-state index contributed by atoms with van der Waals surface area (Å²) in [5, 5.41) is 11.2. The number of fused-ring (bicyclic) bond motifs is 1. The number of nitrogens with one attached hydrogen (secondary N) is 1. The molecule has 3 aromatic rings. The van der Waals surface area contributed by atoms with E-state index in [0.717, 1.165) is 6.07 Å². The minimum absolute atomic E-state index is 0.0380. The second kappa shape index (κ2) is 9.78. The lowest BCUT2D eigenvalue weighted by Gasteiger charge is -2.36. The van der Waals surface area contributed by atoms with E-state index in [2.05, 4.69) is 9.12 Å². The van der Waals surface area contributed by atoms with Gasteiger partial charge < -0.3 is 9.80 Å². The van der Waals surface area contributed by atoms with Gasteiger partial charge in [0.1, 0.15) is 4.90 Å². The lowest BCUT2D eigenvalue weighted by molar-refractivity contribution is -0.385. The molecule has 0 atom stereocenters. The monoisotopic (exact) mass is 569 g/mol. The van der Waals surface area contributed by atoms with Crippen molar-refractivity contribution < 1.29 is 26.6 Å². The average Bonchev–Trinajstić information content (AvgIpc) is 3.19. The van der Waals surface area contributed by atoms with Gasteiger partial charge in [-0.1, -0.05) is 30.3 Å².